The van der Waals surface area contributed by atoms with Gasteiger partial charge in [-0.05, 0) is 37.8 Å². The molecule has 8 nitrogen and oxygen atoms in total. The number of rotatable bonds is 6. The number of nitrogens with zero attached hydrogens (tertiary/aromatic N) is 2. The Kier molecular flexibility index (Phi) is 5.51. The predicted octanol–water partition coefficient (Wildman–Crippen LogP) is 3.19. The average molecular weight is 400 g/mol. The number of ether oxygens (including phenoxy) is 3. The van der Waals surface area contributed by atoms with Gasteiger partial charge in [0.15, 0.2) is 6.61 Å². The van der Waals surface area contributed by atoms with Gasteiger partial charge in [-0.3, -0.25) is 9.59 Å². The Balaban J connectivity index is 1.39. The molecule has 8 heteroatoms. The van der Waals surface area contributed by atoms with E-state index < -0.39 is 0 Å². The lowest BCUT2D eigenvalue weighted by molar-refractivity contribution is -0.155. The fourth-order valence-electron chi connectivity index (χ4n) is 4.33. The van der Waals surface area contributed by atoms with Crippen molar-refractivity contribution in [3.05, 3.63) is 24.1 Å². The third kappa shape index (κ3) is 3.97. The number of Topliss-reactive ketones (excluding diaryl/α,β-unsaturated/α-hetero) is 1. The van der Waals surface area contributed by atoms with Crippen LogP contribution in [0.25, 0.3) is 11.4 Å². The molecule has 1 aromatic carbocycles. The van der Waals surface area contributed by atoms with Gasteiger partial charge in [-0.1, -0.05) is 11.6 Å². The molecule has 2 aliphatic rings. The molecule has 0 saturated heterocycles. The van der Waals surface area contributed by atoms with E-state index in [1.807, 2.05) is 0 Å². The molecular weight excluding hydrogens is 376 g/mol. The topological polar surface area (TPSA) is 101 Å². The molecule has 0 N–H and O–H groups in total. The first kappa shape index (κ1) is 19.4. The highest BCUT2D eigenvalue weighted by Gasteiger charge is 2.41. The number of benzene rings is 1. The molecule has 1 aromatic heterocycles. The number of carbonyl (C=O) groups is 2. The molecular formula is C21H24N2O6. The summed E-state index contributed by atoms with van der Waals surface area (Å²) in [6.45, 7) is -0.0932. The number of hydrogen-bond donors (Lipinski definition) is 0. The first-order valence-electron chi connectivity index (χ1n) is 9.84. The van der Waals surface area contributed by atoms with Gasteiger partial charge in [0.2, 0.25) is 5.82 Å². The van der Waals surface area contributed by atoms with E-state index in [9.17, 15) is 9.59 Å². The Bertz CT molecular complexity index is 892. The number of hydrogen-bond acceptors (Lipinski definition) is 8. The van der Waals surface area contributed by atoms with Crippen LogP contribution in [0.3, 0.4) is 0 Å². The van der Waals surface area contributed by atoms with Crippen molar-refractivity contribution >= 4 is 11.8 Å². The zero-order valence-electron chi connectivity index (χ0n) is 16.6. The Morgan fingerprint density at radius 1 is 1.17 bits per heavy atom. The number of methoxy groups -OCH3 is 2. The molecule has 1 heterocycles. The zero-order valence-corrected chi connectivity index (χ0v) is 16.6. The van der Waals surface area contributed by atoms with Gasteiger partial charge in [-0.2, -0.15) is 4.98 Å². The quantitative estimate of drug-likeness (QED) is 0.682. The monoisotopic (exact) mass is 400 g/mol. The fraction of sp³-hybridized carbons (Fsp3) is 0.524. The van der Waals surface area contributed by atoms with Crippen molar-refractivity contribution in [3.63, 3.8) is 0 Å². The number of fused-ring (bicyclic) bond motifs is 2. The second-order valence-corrected chi connectivity index (χ2v) is 7.58. The smallest absolute Gasteiger partial charge is 0.309 e. The van der Waals surface area contributed by atoms with Crippen LogP contribution < -0.4 is 9.47 Å². The van der Waals surface area contributed by atoms with Crippen LogP contribution in [0, 0.1) is 17.8 Å². The van der Waals surface area contributed by atoms with Crippen molar-refractivity contribution < 1.29 is 28.3 Å². The molecule has 2 fully saturated rings. The molecule has 0 aliphatic heterocycles. The lowest BCUT2D eigenvalue weighted by Crippen LogP contribution is -2.39. The van der Waals surface area contributed by atoms with Gasteiger partial charge < -0.3 is 18.7 Å². The number of esters is 1. The van der Waals surface area contributed by atoms with Crippen molar-refractivity contribution in [3.8, 4) is 22.9 Å². The van der Waals surface area contributed by atoms with E-state index in [4.69, 9.17) is 18.7 Å². The molecule has 0 radical (unpaired) electrons. The van der Waals surface area contributed by atoms with Crippen LogP contribution in [0.5, 0.6) is 11.5 Å². The lowest BCUT2D eigenvalue weighted by atomic mass is 9.67. The molecule has 2 unspecified atom stereocenters. The average Bonchev–Trinajstić information content (AvgIpc) is 3.20. The summed E-state index contributed by atoms with van der Waals surface area (Å²) >= 11 is 0. The van der Waals surface area contributed by atoms with Crippen molar-refractivity contribution in [2.75, 3.05) is 14.2 Å². The predicted molar refractivity (Wildman–Crippen MR) is 101 cm³/mol. The van der Waals surface area contributed by atoms with Crippen molar-refractivity contribution in [1.82, 2.24) is 10.1 Å². The summed E-state index contributed by atoms with van der Waals surface area (Å²) < 4.78 is 21.2. The molecule has 2 aliphatic carbocycles. The van der Waals surface area contributed by atoms with Crippen LogP contribution in [-0.2, 0) is 20.9 Å². The molecule has 29 heavy (non-hydrogen) atoms. The molecule has 154 valence electrons. The summed E-state index contributed by atoms with van der Waals surface area (Å²) in [4.78, 5) is 29.0. The molecule has 4 rings (SSSR count). The molecule has 0 spiro atoms. The van der Waals surface area contributed by atoms with Gasteiger partial charge in [0.05, 0.1) is 25.7 Å². The minimum atomic E-state index is -0.295. The van der Waals surface area contributed by atoms with Gasteiger partial charge in [0.25, 0.3) is 5.89 Å². The Morgan fingerprint density at radius 2 is 1.93 bits per heavy atom. The number of carbonyl (C=O) groups excluding carboxylic acids is 2. The molecule has 2 bridgehead atoms. The van der Waals surface area contributed by atoms with Crippen molar-refractivity contribution in [1.29, 1.82) is 0 Å². The highest BCUT2D eigenvalue weighted by molar-refractivity contribution is 5.87. The Morgan fingerprint density at radius 3 is 2.62 bits per heavy atom. The van der Waals surface area contributed by atoms with Crippen molar-refractivity contribution in [2.24, 2.45) is 17.8 Å². The SMILES string of the molecule is COc1ccc(-c2noc(COC(=O)C3CC4CCCC(C3)C4=O)n2)c(OC)c1. The minimum absolute atomic E-state index is 0.0117. The van der Waals surface area contributed by atoms with Crippen LogP contribution in [0.1, 0.15) is 38.0 Å². The second kappa shape index (κ2) is 8.23. The minimum Gasteiger partial charge on any atom is -0.497 e. The van der Waals surface area contributed by atoms with Gasteiger partial charge in [0.1, 0.15) is 17.3 Å². The number of aromatic nitrogens is 2. The molecule has 2 saturated carbocycles. The van der Waals surface area contributed by atoms with Crippen LogP contribution in [0.15, 0.2) is 22.7 Å². The van der Waals surface area contributed by atoms with Crippen LogP contribution in [0.2, 0.25) is 0 Å². The van der Waals surface area contributed by atoms with E-state index in [0.29, 0.717) is 41.5 Å². The van der Waals surface area contributed by atoms with Crippen molar-refractivity contribution in [2.45, 2.75) is 38.7 Å². The van der Waals surface area contributed by atoms with Gasteiger partial charge >= 0.3 is 5.97 Å². The summed E-state index contributed by atoms with van der Waals surface area (Å²) in [5.74, 6) is 1.58. The fourth-order valence-corrected chi connectivity index (χ4v) is 4.33. The van der Waals surface area contributed by atoms with Crippen LogP contribution >= 0.6 is 0 Å². The highest BCUT2D eigenvalue weighted by Crippen LogP contribution is 2.40. The van der Waals surface area contributed by atoms with E-state index in [1.165, 1.54) is 0 Å². The third-order valence-electron chi connectivity index (χ3n) is 5.84. The Labute approximate surface area is 168 Å². The highest BCUT2D eigenvalue weighted by atomic mass is 16.6. The maximum absolute atomic E-state index is 12.5. The molecule has 2 aromatic rings. The van der Waals surface area contributed by atoms with E-state index in [-0.39, 0.29) is 36.2 Å². The standard InChI is InChI=1S/C21H24N2O6/c1-26-15-6-7-16(17(10-15)27-2)20-22-18(29-23-20)11-28-21(25)14-8-12-4-3-5-13(9-14)19(12)24/h6-7,10,12-14H,3-5,8-9,11H2,1-2H3. The first-order chi connectivity index (χ1) is 14.1. The number of ketones is 1. The molecule has 2 atom stereocenters. The lowest BCUT2D eigenvalue weighted by Gasteiger charge is -2.36. The van der Waals surface area contributed by atoms with Gasteiger partial charge in [-0.25, -0.2) is 0 Å². The summed E-state index contributed by atoms with van der Waals surface area (Å²) in [5, 5.41) is 3.95. The summed E-state index contributed by atoms with van der Waals surface area (Å²) in [6, 6.07) is 5.28. The summed E-state index contributed by atoms with van der Waals surface area (Å²) in [5.41, 5.74) is 0.647. The summed E-state index contributed by atoms with van der Waals surface area (Å²) in [6.07, 6.45) is 4.02. The van der Waals surface area contributed by atoms with E-state index in [0.717, 1.165) is 19.3 Å². The van der Waals surface area contributed by atoms with E-state index in [1.54, 1.807) is 32.4 Å². The first-order valence-corrected chi connectivity index (χ1v) is 9.84. The third-order valence-corrected chi connectivity index (χ3v) is 5.84. The molecule has 0 amide bonds. The van der Waals surface area contributed by atoms with Crippen LogP contribution in [-0.4, -0.2) is 36.1 Å². The largest absolute Gasteiger partial charge is 0.497 e. The van der Waals surface area contributed by atoms with Gasteiger partial charge in [0, 0.05) is 17.9 Å². The maximum atomic E-state index is 12.5. The van der Waals surface area contributed by atoms with E-state index >= 15 is 0 Å². The van der Waals surface area contributed by atoms with Crippen LogP contribution in [0.4, 0.5) is 0 Å². The Hall–Kier alpha value is -2.90. The normalized spacial score (nSPS) is 23.5. The zero-order chi connectivity index (χ0) is 20.4. The maximum Gasteiger partial charge on any atom is 0.309 e. The second-order valence-electron chi connectivity index (χ2n) is 7.58. The van der Waals surface area contributed by atoms with Gasteiger partial charge in [-0.15, -0.1) is 0 Å². The summed E-state index contributed by atoms with van der Waals surface area (Å²) in [7, 11) is 3.12. The van der Waals surface area contributed by atoms with E-state index in [2.05, 4.69) is 10.1 Å².